The maximum absolute atomic E-state index is 2.71. The molecular weight excluding hydrogens is 849 g/mol. The van der Waals surface area contributed by atoms with Crippen molar-refractivity contribution in [3.8, 4) is 33.6 Å². The molecule has 2 aromatic heterocycles. The van der Waals surface area contributed by atoms with Gasteiger partial charge in [0.25, 0.3) is 0 Å². The van der Waals surface area contributed by atoms with Gasteiger partial charge >= 0.3 is 0 Å². The first-order valence-corrected chi connectivity index (χ1v) is 26.1. The molecule has 1 aliphatic rings. The Morgan fingerprint density at radius 2 is 0.768 bits per heavy atom. The number of para-hydroxylation sites is 2. The number of allylic oxidation sites excluding steroid dienone is 4. The molecule has 3 heteroatoms. The molecule has 13 rings (SSSR count). The van der Waals surface area contributed by atoms with Crippen molar-refractivity contribution in [1.82, 2.24) is 9.13 Å². The van der Waals surface area contributed by atoms with Crippen molar-refractivity contribution in [1.29, 1.82) is 0 Å². The van der Waals surface area contributed by atoms with Crippen LogP contribution in [0, 0.1) is 0 Å². The summed E-state index contributed by atoms with van der Waals surface area (Å²) in [6.07, 6.45) is 8.88. The summed E-state index contributed by atoms with van der Waals surface area (Å²) in [7, 11) is -2.71. The Morgan fingerprint density at radius 1 is 0.304 bits per heavy atom. The molecule has 2 nitrogen and oxygen atoms in total. The smallest absolute Gasteiger partial charge is 0.179 e. The molecule has 0 bridgehead atoms. The van der Waals surface area contributed by atoms with Crippen LogP contribution in [-0.4, -0.2) is 17.2 Å². The van der Waals surface area contributed by atoms with Gasteiger partial charge in [0, 0.05) is 32.9 Å². The van der Waals surface area contributed by atoms with Gasteiger partial charge in [-0.1, -0.05) is 200 Å². The van der Waals surface area contributed by atoms with Crippen LogP contribution >= 0.6 is 0 Å². The van der Waals surface area contributed by atoms with Gasteiger partial charge in [-0.15, -0.1) is 0 Å². The minimum Gasteiger partial charge on any atom is -0.309 e. The van der Waals surface area contributed by atoms with E-state index in [-0.39, 0.29) is 0 Å². The van der Waals surface area contributed by atoms with Crippen molar-refractivity contribution in [3.63, 3.8) is 0 Å². The standard InChI is InChI=1S/C66H48N2Si/c1-6-19-47(20-7-1)48-21-18-22-49(43-48)52-33-40-60-62-45-51(50-34-41-64-61(44-50)59-31-16-17-32-63(59)67(64)53-23-8-2-9-24-53)35-42-65(62)68(66(60)46-52)54-36-38-58(39-37-54)69(55-25-10-3-11-26-55,56-27-12-4-13-28-56)57-29-14-5-15-30-57/h1-6,8-19,21-46H,7,20H2. The Labute approximate surface area is 404 Å². The van der Waals surface area contributed by atoms with Crippen molar-refractivity contribution in [2.45, 2.75) is 12.8 Å². The summed E-state index contributed by atoms with van der Waals surface area (Å²) in [5, 5.41) is 10.4. The Bertz CT molecular complexity index is 3820. The van der Waals surface area contributed by atoms with E-state index in [4.69, 9.17) is 0 Å². The van der Waals surface area contributed by atoms with Crippen molar-refractivity contribution in [3.05, 3.63) is 273 Å². The third kappa shape index (κ3) is 6.85. The number of benzene rings is 10. The van der Waals surface area contributed by atoms with Crippen molar-refractivity contribution >= 4 is 78.0 Å². The average Bonchev–Trinajstić information content (AvgIpc) is 3.94. The van der Waals surface area contributed by atoms with Crippen LogP contribution in [0.2, 0.25) is 0 Å². The van der Waals surface area contributed by atoms with E-state index in [0.29, 0.717) is 0 Å². The first-order valence-electron chi connectivity index (χ1n) is 24.1. The summed E-state index contributed by atoms with van der Waals surface area (Å²) in [5.74, 6) is 0. The number of fused-ring (bicyclic) bond motifs is 6. The SMILES string of the molecule is C1=CCCC(c2cccc(-c3ccc4c5cc(-c6ccc7c(c6)c6ccccc6n7-c6ccccc6)ccc5n(-c5ccc([Si](c6ccccc6)(c6ccccc6)c6ccccc6)cc5)c4c3)c2)=C1. The Hall–Kier alpha value is -8.50. The van der Waals surface area contributed by atoms with Gasteiger partial charge in [0.2, 0.25) is 0 Å². The predicted molar refractivity (Wildman–Crippen MR) is 296 cm³/mol. The van der Waals surface area contributed by atoms with Crippen LogP contribution in [0.4, 0.5) is 0 Å². The monoisotopic (exact) mass is 896 g/mol. The van der Waals surface area contributed by atoms with Crippen LogP contribution in [-0.2, 0) is 0 Å². The zero-order chi connectivity index (χ0) is 45.7. The maximum atomic E-state index is 2.49. The highest BCUT2D eigenvalue weighted by Crippen LogP contribution is 2.40. The Balaban J connectivity index is 0.999. The average molecular weight is 897 g/mol. The molecule has 0 aliphatic heterocycles. The molecule has 2 heterocycles. The molecule has 0 fully saturated rings. The highest BCUT2D eigenvalue weighted by atomic mass is 28.3. The van der Waals surface area contributed by atoms with Crippen LogP contribution in [0.25, 0.3) is 82.8 Å². The number of nitrogens with zero attached hydrogens (tertiary/aromatic N) is 2. The molecule has 0 amide bonds. The van der Waals surface area contributed by atoms with E-state index in [0.717, 1.165) is 18.5 Å². The van der Waals surface area contributed by atoms with Gasteiger partial charge in [-0.2, -0.15) is 0 Å². The predicted octanol–water partition coefficient (Wildman–Crippen LogP) is 14.3. The maximum Gasteiger partial charge on any atom is 0.179 e. The van der Waals surface area contributed by atoms with E-state index >= 15 is 0 Å². The van der Waals surface area contributed by atoms with Crippen molar-refractivity contribution in [2.24, 2.45) is 0 Å². The zero-order valence-electron chi connectivity index (χ0n) is 38.2. The Kier molecular flexibility index (Phi) is 10.0. The molecule has 0 radical (unpaired) electrons. The summed E-state index contributed by atoms with van der Waals surface area (Å²) in [5.41, 5.74) is 14.6. The summed E-state index contributed by atoms with van der Waals surface area (Å²) in [6.45, 7) is 0. The van der Waals surface area contributed by atoms with Gasteiger partial charge in [-0.05, 0) is 134 Å². The zero-order valence-corrected chi connectivity index (χ0v) is 39.2. The van der Waals surface area contributed by atoms with Crippen molar-refractivity contribution in [2.75, 3.05) is 0 Å². The van der Waals surface area contributed by atoms with Gasteiger partial charge < -0.3 is 9.13 Å². The van der Waals surface area contributed by atoms with E-state index in [9.17, 15) is 0 Å². The van der Waals surface area contributed by atoms with Crippen LogP contribution in [0.5, 0.6) is 0 Å². The van der Waals surface area contributed by atoms with E-state index in [1.165, 1.54) is 103 Å². The summed E-state index contributed by atoms with van der Waals surface area (Å²) >= 11 is 0. The largest absolute Gasteiger partial charge is 0.309 e. The van der Waals surface area contributed by atoms with Crippen LogP contribution in [0.3, 0.4) is 0 Å². The second kappa shape index (κ2) is 17.0. The van der Waals surface area contributed by atoms with E-state index in [2.05, 4.69) is 276 Å². The number of hydrogen-bond donors (Lipinski definition) is 0. The third-order valence-electron chi connectivity index (χ3n) is 14.5. The van der Waals surface area contributed by atoms with E-state index in [1.54, 1.807) is 0 Å². The molecule has 0 spiro atoms. The summed E-state index contributed by atoms with van der Waals surface area (Å²) in [6, 6.07) is 92.9. The van der Waals surface area contributed by atoms with Crippen molar-refractivity contribution < 1.29 is 0 Å². The van der Waals surface area contributed by atoms with Gasteiger partial charge in [-0.3, -0.25) is 0 Å². The minimum absolute atomic E-state index is 1.07. The lowest BCUT2D eigenvalue weighted by molar-refractivity contribution is 1.05. The molecule has 0 unspecified atom stereocenters. The molecule has 1 aliphatic carbocycles. The molecule has 10 aromatic carbocycles. The molecule has 0 saturated heterocycles. The van der Waals surface area contributed by atoms with E-state index < -0.39 is 8.07 Å². The second-order valence-corrected chi connectivity index (χ2v) is 22.2. The fourth-order valence-corrected chi connectivity index (χ4v) is 16.1. The van der Waals surface area contributed by atoms with Gasteiger partial charge in [-0.25, -0.2) is 0 Å². The first-order chi connectivity index (χ1) is 34.2. The second-order valence-electron chi connectivity index (χ2n) is 18.4. The molecule has 0 saturated carbocycles. The molecule has 0 N–H and O–H groups in total. The molecule has 326 valence electrons. The lowest BCUT2D eigenvalue weighted by Crippen LogP contribution is -2.74. The minimum atomic E-state index is -2.71. The normalized spacial score (nSPS) is 12.8. The fraction of sp³-hybridized carbons (Fsp3) is 0.0303. The van der Waals surface area contributed by atoms with Gasteiger partial charge in [0.05, 0.1) is 22.1 Å². The fourth-order valence-electron chi connectivity index (χ4n) is 11.3. The van der Waals surface area contributed by atoms with Crippen LogP contribution in [0.1, 0.15) is 18.4 Å². The third-order valence-corrected chi connectivity index (χ3v) is 19.3. The highest BCUT2D eigenvalue weighted by molar-refractivity contribution is 7.19. The lowest BCUT2D eigenvalue weighted by atomic mass is 9.94. The number of rotatable bonds is 9. The summed E-state index contributed by atoms with van der Waals surface area (Å²) in [4.78, 5) is 0. The molecule has 12 aromatic rings. The highest BCUT2D eigenvalue weighted by Gasteiger charge is 2.41. The van der Waals surface area contributed by atoms with Gasteiger partial charge in [0.15, 0.2) is 8.07 Å². The topological polar surface area (TPSA) is 9.86 Å². The number of hydrogen-bond acceptors (Lipinski definition) is 0. The van der Waals surface area contributed by atoms with Crippen LogP contribution in [0.15, 0.2) is 267 Å². The van der Waals surface area contributed by atoms with Crippen LogP contribution < -0.4 is 20.7 Å². The van der Waals surface area contributed by atoms with Gasteiger partial charge in [0.1, 0.15) is 0 Å². The summed E-state index contributed by atoms with van der Waals surface area (Å²) < 4.78 is 4.88. The molecular formula is C66H48N2Si. The number of aromatic nitrogens is 2. The quantitative estimate of drug-likeness (QED) is 0.101. The lowest BCUT2D eigenvalue weighted by Gasteiger charge is -2.34. The van der Waals surface area contributed by atoms with E-state index in [1.807, 2.05) is 0 Å². The Morgan fingerprint density at radius 3 is 1.38 bits per heavy atom. The first kappa shape index (κ1) is 40.7. The molecule has 69 heavy (non-hydrogen) atoms. The molecule has 0 atom stereocenters.